The average molecular weight is 278 g/mol. The summed E-state index contributed by atoms with van der Waals surface area (Å²) in [5, 5.41) is 6.72. The molecule has 1 saturated carbocycles. The van der Waals surface area contributed by atoms with E-state index in [1.165, 1.54) is 11.3 Å². The average Bonchev–Trinajstić information content (AvgIpc) is 2.73. The highest BCUT2D eigenvalue weighted by Gasteiger charge is 2.49. The van der Waals surface area contributed by atoms with Crippen LogP contribution in [0.5, 0.6) is 0 Å². The molecule has 0 aliphatic heterocycles. The number of aryl methyl sites for hydroxylation is 2. The minimum atomic E-state index is 0.346. The summed E-state index contributed by atoms with van der Waals surface area (Å²) in [4.78, 5) is 8.72. The number of nitrogen functional groups attached to an aromatic ring is 1. The fourth-order valence-electron chi connectivity index (χ4n) is 2.28. The number of anilines is 1. The number of nitrogens with zero attached hydrogens (tertiary/aromatic N) is 3. The Morgan fingerprint density at radius 2 is 2.21 bits per heavy atom. The van der Waals surface area contributed by atoms with Crippen molar-refractivity contribution in [3.63, 3.8) is 0 Å². The van der Waals surface area contributed by atoms with Gasteiger partial charge in [0.05, 0.1) is 5.69 Å². The van der Waals surface area contributed by atoms with E-state index >= 15 is 0 Å². The van der Waals surface area contributed by atoms with Gasteiger partial charge in [-0.3, -0.25) is 0 Å². The topological polar surface area (TPSA) is 77.8 Å². The van der Waals surface area contributed by atoms with E-state index < -0.39 is 0 Å². The summed E-state index contributed by atoms with van der Waals surface area (Å²) in [5.41, 5.74) is 6.99. The summed E-state index contributed by atoms with van der Waals surface area (Å²) in [6.45, 7) is 4.47. The van der Waals surface area contributed by atoms with Gasteiger partial charge in [0.2, 0.25) is 5.89 Å². The van der Waals surface area contributed by atoms with Gasteiger partial charge in [-0.25, -0.2) is 4.98 Å². The van der Waals surface area contributed by atoms with E-state index in [0.29, 0.717) is 16.5 Å². The number of aromatic nitrogens is 3. The normalized spacial score (nSPS) is 20.6. The molecule has 0 spiro atoms. The van der Waals surface area contributed by atoms with Gasteiger partial charge in [0, 0.05) is 17.7 Å². The van der Waals surface area contributed by atoms with Gasteiger partial charge >= 0.3 is 0 Å². The third kappa shape index (κ3) is 2.78. The van der Waals surface area contributed by atoms with Crippen molar-refractivity contribution in [3.05, 3.63) is 22.8 Å². The molecule has 0 aromatic carbocycles. The molecule has 102 valence electrons. The predicted octanol–water partition coefficient (Wildman–Crippen LogP) is 2.80. The van der Waals surface area contributed by atoms with Crippen LogP contribution < -0.4 is 5.73 Å². The van der Waals surface area contributed by atoms with Crippen LogP contribution in [-0.2, 0) is 12.8 Å². The summed E-state index contributed by atoms with van der Waals surface area (Å²) in [5.74, 6) is 2.09. The molecule has 3 rings (SSSR count). The standard InChI is InChI=1S/C13H18N4OS/c1-13(2)6-9(13)11-16-10(18-17-11)5-3-4-8-7-19-12(14)15-8/h7,9H,3-6H2,1-2H3,(H2,14,15). The molecule has 1 aliphatic rings. The van der Waals surface area contributed by atoms with Gasteiger partial charge < -0.3 is 10.3 Å². The zero-order valence-electron chi connectivity index (χ0n) is 11.2. The first kappa shape index (κ1) is 12.6. The fraction of sp³-hybridized carbons (Fsp3) is 0.615. The van der Waals surface area contributed by atoms with Gasteiger partial charge in [-0.15, -0.1) is 11.3 Å². The molecule has 1 atom stereocenters. The number of thiazole rings is 1. The molecular formula is C13H18N4OS. The Bertz CT molecular complexity index is 575. The molecule has 1 fully saturated rings. The molecule has 0 saturated heterocycles. The lowest BCUT2D eigenvalue weighted by Crippen LogP contribution is -1.94. The van der Waals surface area contributed by atoms with Crippen molar-refractivity contribution in [2.75, 3.05) is 5.73 Å². The zero-order chi connectivity index (χ0) is 13.5. The van der Waals surface area contributed by atoms with Crippen LogP contribution in [-0.4, -0.2) is 15.1 Å². The fourth-order valence-corrected chi connectivity index (χ4v) is 2.87. The van der Waals surface area contributed by atoms with E-state index in [0.717, 1.165) is 43.1 Å². The number of hydrogen-bond donors (Lipinski definition) is 1. The summed E-state index contributed by atoms with van der Waals surface area (Å²) < 4.78 is 5.30. The van der Waals surface area contributed by atoms with Crippen LogP contribution in [0, 0.1) is 5.41 Å². The van der Waals surface area contributed by atoms with Crippen molar-refractivity contribution in [2.45, 2.75) is 45.4 Å². The van der Waals surface area contributed by atoms with Gasteiger partial charge in [0.15, 0.2) is 11.0 Å². The Morgan fingerprint density at radius 3 is 2.84 bits per heavy atom. The second-order valence-electron chi connectivity index (χ2n) is 5.82. The van der Waals surface area contributed by atoms with Crippen LogP contribution in [0.15, 0.2) is 9.90 Å². The van der Waals surface area contributed by atoms with Crippen LogP contribution in [0.1, 0.15) is 50.0 Å². The van der Waals surface area contributed by atoms with E-state index in [2.05, 4.69) is 29.0 Å². The summed E-state index contributed by atoms with van der Waals surface area (Å²) >= 11 is 1.48. The van der Waals surface area contributed by atoms with E-state index in [1.54, 1.807) is 0 Å². The van der Waals surface area contributed by atoms with Gasteiger partial charge in [-0.1, -0.05) is 19.0 Å². The second-order valence-corrected chi connectivity index (χ2v) is 6.71. The largest absolute Gasteiger partial charge is 0.375 e. The van der Waals surface area contributed by atoms with Gasteiger partial charge in [0.25, 0.3) is 0 Å². The third-order valence-corrected chi connectivity index (χ3v) is 4.42. The van der Waals surface area contributed by atoms with Crippen molar-refractivity contribution >= 4 is 16.5 Å². The molecular weight excluding hydrogens is 260 g/mol. The number of nitrogens with two attached hydrogens (primary N) is 1. The molecule has 19 heavy (non-hydrogen) atoms. The van der Waals surface area contributed by atoms with Crippen molar-refractivity contribution < 1.29 is 4.52 Å². The molecule has 1 aliphatic carbocycles. The SMILES string of the molecule is CC1(C)CC1c1noc(CCCc2csc(N)n2)n1. The minimum Gasteiger partial charge on any atom is -0.375 e. The lowest BCUT2D eigenvalue weighted by Gasteiger charge is -1.96. The van der Waals surface area contributed by atoms with Crippen molar-refractivity contribution in [2.24, 2.45) is 5.41 Å². The van der Waals surface area contributed by atoms with Gasteiger partial charge in [-0.05, 0) is 24.7 Å². The molecule has 0 amide bonds. The molecule has 0 bridgehead atoms. The van der Waals surface area contributed by atoms with Crippen LogP contribution in [0.4, 0.5) is 5.13 Å². The van der Waals surface area contributed by atoms with E-state index in [-0.39, 0.29) is 0 Å². The summed E-state index contributed by atoms with van der Waals surface area (Å²) in [7, 11) is 0. The van der Waals surface area contributed by atoms with Gasteiger partial charge in [-0.2, -0.15) is 4.98 Å². The molecule has 6 heteroatoms. The Hall–Kier alpha value is -1.43. The van der Waals surface area contributed by atoms with Crippen LogP contribution in [0.3, 0.4) is 0 Å². The Morgan fingerprint density at radius 1 is 1.42 bits per heavy atom. The van der Waals surface area contributed by atoms with E-state index in [9.17, 15) is 0 Å². The predicted molar refractivity (Wildman–Crippen MR) is 74.0 cm³/mol. The van der Waals surface area contributed by atoms with Crippen molar-refractivity contribution in [1.82, 2.24) is 15.1 Å². The Labute approximate surface area is 116 Å². The molecule has 2 aromatic heterocycles. The lowest BCUT2D eigenvalue weighted by atomic mass is 10.1. The maximum atomic E-state index is 5.60. The monoisotopic (exact) mass is 278 g/mol. The van der Waals surface area contributed by atoms with Gasteiger partial charge in [0.1, 0.15) is 0 Å². The lowest BCUT2D eigenvalue weighted by molar-refractivity contribution is 0.369. The number of hydrogen-bond acceptors (Lipinski definition) is 6. The summed E-state index contributed by atoms with van der Waals surface area (Å²) in [6.07, 6.45) is 3.82. The van der Waals surface area contributed by atoms with Crippen molar-refractivity contribution in [3.8, 4) is 0 Å². The van der Waals surface area contributed by atoms with E-state index in [1.807, 2.05) is 5.38 Å². The molecule has 2 aromatic rings. The smallest absolute Gasteiger partial charge is 0.226 e. The molecule has 2 N–H and O–H groups in total. The maximum Gasteiger partial charge on any atom is 0.226 e. The van der Waals surface area contributed by atoms with Crippen molar-refractivity contribution in [1.29, 1.82) is 0 Å². The maximum absolute atomic E-state index is 5.60. The number of rotatable bonds is 5. The zero-order valence-corrected chi connectivity index (χ0v) is 12.0. The third-order valence-electron chi connectivity index (χ3n) is 3.70. The molecule has 2 heterocycles. The highest BCUT2D eigenvalue weighted by Crippen LogP contribution is 2.57. The quantitative estimate of drug-likeness (QED) is 0.910. The molecule has 0 radical (unpaired) electrons. The van der Waals surface area contributed by atoms with Crippen LogP contribution in [0.25, 0.3) is 0 Å². The first-order chi connectivity index (χ1) is 9.04. The van der Waals surface area contributed by atoms with E-state index in [4.69, 9.17) is 10.3 Å². The van der Waals surface area contributed by atoms with Crippen LogP contribution >= 0.6 is 11.3 Å². The Balaban J connectivity index is 1.51. The minimum absolute atomic E-state index is 0.346. The second kappa shape index (κ2) is 4.59. The Kier molecular flexibility index (Phi) is 3.05. The molecule has 5 nitrogen and oxygen atoms in total. The highest BCUT2D eigenvalue weighted by molar-refractivity contribution is 7.13. The first-order valence-corrected chi connectivity index (χ1v) is 7.45. The molecule has 1 unspecified atom stereocenters. The summed E-state index contributed by atoms with van der Waals surface area (Å²) in [6, 6.07) is 0. The highest BCUT2D eigenvalue weighted by atomic mass is 32.1. The first-order valence-electron chi connectivity index (χ1n) is 6.57. The van der Waals surface area contributed by atoms with Crippen LogP contribution in [0.2, 0.25) is 0 Å².